The van der Waals surface area contributed by atoms with Crippen molar-refractivity contribution in [2.45, 2.75) is 24.8 Å². The second-order valence-corrected chi connectivity index (χ2v) is 4.04. The molecule has 0 aliphatic heterocycles. The minimum Gasteiger partial charge on any atom is -0.328 e. The molecule has 0 amide bonds. The molecule has 0 heterocycles. The first kappa shape index (κ1) is 8.28. The molecule has 1 fully saturated rings. The van der Waals surface area contributed by atoms with Crippen molar-refractivity contribution in [3.8, 4) is 6.07 Å². The van der Waals surface area contributed by atoms with Gasteiger partial charge in [0.15, 0.2) is 0 Å². The molecule has 0 unspecified atom stereocenters. The summed E-state index contributed by atoms with van der Waals surface area (Å²) >= 11 is 5.88. The maximum atomic E-state index is 8.94. The predicted octanol–water partition coefficient (Wildman–Crippen LogP) is 2.42. The van der Waals surface area contributed by atoms with E-state index in [1.165, 1.54) is 0 Å². The summed E-state index contributed by atoms with van der Waals surface area (Å²) in [5.74, 6) is 0.209. The average molecular weight is 208 g/mol. The number of benzene rings is 1. The van der Waals surface area contributed by atoms with E-state index in [4.69, 9.17) is 24.0 Å². The first-order valence-electron chi connectivity index (χ1n) is 5.00. The molecule has 3 heteroatoms. The Hall–Kier alpha value is -1.04. The Morgan fingerprint density at radius 2 is 2.29 bits per heavy atom. The molecule has 0 radical (unpaired) electrons. The summed E-state index contributed by atoms with van der Waals surface area (Å²) in [6.07, 6.45) is 1.20. The Balaban J connectivity index is 2.29. The van der Waals surface area contributed by atoms with Gasteiger partial charge in [-0.15, -0.1) is 0 Å². The van der Waals surface area contributed by atoms with Gasteiger partial charge in [-0.3, -0.25) is 0 Å². The second-order valence-electron chi connectivity index (χ2n) is 3.61. The molecule has 14 heavy (non-hydrogen) atoms. The number of hydrogen-bond acceptors (Lipinski definition) is 2. The van der Waals surface area contributed by atoms with Crippen LogP contribution < -0.4 is 5.73 Å². The Morgan fingerprint density at radius 3 is 2.86 bits per heavy atom. The lowest BCUT2D eigenvalue weighted by Gasteiger charge is -2.33. The topological polar surface area (TPSA) is 49.8 Å². The third kappa shape index (κ3) is 1.61. The second kappa shape index (κ2) is 3.61. The van der Waals surface area contributed by atoms with E-state index in [1.807, 2.05) is 0 Å². The van der Waals surface area contributed by atoms with Gasteiger partial charge in [-0.2, -0.15) is 5.26 Å². The largest absolute Gasteiger partial charge is 0.328 e. The highest BCUT2D eigenvalue weighted by Gasteiger charge is 2.29. The quantitative estimate of drug-likeness (QED) is 0.769. The average Bonchev–Trinajstić information content (AvgIpc) is 2.14. The van der Waals surface area contributed by atoms with Crippen LogP contribution in [-0.2, 0) is 0 Å². The third-order valence-electron chi connectivity index (χ3n) is 2.59. The fourth-order valence-electron chi connectivity index (χ4n) is 1.77. The maximum absolute atomic E-state index is 8.94. The molecule has 1 saturated carbocycles. The van der Waals surface area contributed by atoms with Crippen molar-refractivity contribution in [2.24, 2.45) is 5.73 Å². The number of rotatable bonds is 1. The van der Waals surface area contributed by atoms with Crippen LogP contribution in [-0.4, -0.2) is 6.02 Å². The molecular weight excluding hydrogens is 196 g/mol. The van der Waals surface area contributed by atoms with Gasteiger partial charge in [-0.05, 0) is 42.5 Å². The molecular formula is C11H11ClN2. The van der Waals surface area contributed by atoms with E-state index in [2.05, 4.69) is 6.07 Å². The number of hydrogen-bond donors (Lipinski definition) is 1. The summed E-state index contributed by atoms with van der Waals surface area (Å²) in [7, 11) is 0. The van der Waals surface area contributed by atoms with E-state index in [-0.39, 0.29) is 5.92 Å². The van der Waals surface area contributed by atoms with Gasteiger partial charge in [0, 0.05) is 12.4 Å². The highest BCUT2D eigenvalue weighted by atomic mass is 35.5. The van der Waals surface area contributed by atoms with Gasteiger partial charge in [-0.25, -0.2) is 0 Å². The zero-order valence-electron chi connectivity index (χ0n) is 8.63. The van der Waals surface area contributed by atoms with E-state index >= 15 is 0 Å². The van der Waals surface area contributed by atoms with Crippen LogP contribution in [0.5, 0.6) is 0 Å². The van der Waals surface area contributed by atoms with Crippen molar-refractivity contribution < 1.29 is 1.37 Å². The lowest BCUT2D eigenvalue weighted by molar-refractivity contribution is 0.351. The van der Waals surface area contributed by atoms with Gasteiger partial charge in [0.2, 0.25) is 0 Å². The summed E-state index contributed by atoms with van der Waals surface area (Å²) in [5, 5.41) is 9.56. The molecule has 0 spiro atoms. The van der Waals surface area contributed by atoms with Crippen molar-refractivity contribution in [1.29, 1.82) is 5.26 Å². The Bertz CT molecular complexity index is 429. The van der Waals surface area contributed by atoms with Crippen molar-refractivity contribution >= 4 is 11.6 Å². The maximum Gasteiger partial charge on any atom is 0.0994 e. The highest BCUT2D eigenvalue weighted by molar-refractivity contribution is 6.30. The molecule has 1 aliphatic carbocycles. The molecule has 0 atom stereocenters. The van der Waals surface area contributed by atoms with Crippen molar-refractivity contribution in [2.75, 3.05) is 0 Å². The normalized spacial score (nSPS) is 31.5. The standard InChI is InChI=1S/C11H11ClN2/c12-9-2-1-7(6-13)11(5-9)8-3-10(14)4-8/h1-2,5,8,10H,3-4,14H2/i10D. The Morgan fingerprint density at radius 1 is 1.57 bits per heavy atom. The molecule has 1 aromatic carbocycles. The van der Waals surface area contributed by atoms with Gasteiger partial charge in [0.25, 0.3) is 0 Å². The zero-order chi connectivity index (χ0) is 11.1. The van der Waals surface area contributed by atoms with Crippen LogP contribution in [0, 0.1) is 11.3 Å². The van der Waals surface area contributed by atoms with Crippen LogP contribution >= 0.6 is 11.6 Å². The van der Waals surface area contributed by atoms with Crippen LogP contribution in [0.1, 0.15) is 31.3 Å². The Labute approximate surface area is 89.7 Å². The lowest BCUT2D eigenvalue weighted by atomic mass is 9.75. The minimum absolute atomic E-state index is 0.209. The van der Waals surface area contributed by atoms with Crippen LogP contribution in [0.15, 0.2) is 18.2 Å². The summed E-state index contributed by atoms with van der Waals surface area (Å²) in [4.78, 5) is 0. The summed E-state index contributed by atoms with van der Waals surface area (Å²) < 4.78 is 7.59. The minimum atomic E-state index is -0.820. The van der Waals surface area contributed by atoms with Crippen LogP contribution in [0.2, 0.25) is 5.02 Å². The van der Waals surface area contributed by atoms with Gasteiger partial charge in [0.1, 0.15) is 0 Å². The molecule has 0 bridgehead atoms. The van der Waals surface area contributed by atoms with E-state index in [0.717, 1.165) is 5.56 Å². The van der Waals surface area contributed by atoms with E-state index in [1.54, 1.807) is 18.2 Å². The molecule has 0 saturated heterocycles. The van der Waals surface area contributed by atoms with Gasteiger partial charge in [-0.1, -0.05) is 11.6 Å². The van der Waals surface area contributed by atoms with Crippen molar-refractivity contribution in [3.63, 3.8) is 0 Å². The molecule has 1 aromatic rings. The number of nitriles is 1. The number of nitrogens with zero attached hydrogens (tertiary/aromatic N) is 1. The van der Waals surface area contributed by atoms with E-state index < -0.39 is 6.02 Å². The highest BCUT2D eigenvalue weighted by Crippen LogP contribution is 2.38. The third-order valence-corrected chi connectivity index (χ3v) is 2.83. The van der Waals surface area contributed by atoms with Crippen molar-refractivity contribution in [1.82, 2.24) is 0 Å². The first-order valence-corrected chi connectivity index (χ1v) is 4.88. The molecule has 72 valence electrons. The number of halogens is 1. The molecule has 0 aromatic heterocycles. The predicted molar refractivity (Wildman–Crippen MR) is 56.1 cm³/mol. The first-order chi connectivity index (χ1) is 7.02. The van der Waals surface area contributed by atoms with Gasteiger partial charge in [0.05, 0.1) is 11.6 Å². The molecule has 2 N–H and O–H groups in total. The van der Waals surface area contributed by atoms with Crippen LogP contribution in [0.4, 0.5) is 0 Å². The Kier molecular flexibility index (Phi) is 2.13. The molecule has 1 aliphatic rings. The van der Waals surface area contributed by atoms with Crippen LogP contribution in [0.3, 0.4) is 0 Å². The van der Waals surface area contributed by atoms with E-state index in [9.17, 15) is 0 Å². The van der Waals surface area contributed by atoms with Crippen molar-refractivity contribution in [3.05, 3.63) is 34.3 Å². The lowest BCUT2D eigenvalue weighted by Crippen LogP contribution is -2.35. The van der Waals surface area contributed by atoms with Crippen LogP contribution in [0.25, 0.3) is 0 Å². The summed E-state index contributed by atoms with van der Waals surface area (Å²) in [6, 6.07) is 6.55. The van der Waals surface area contributed by atoms with Gasteiger partial charge >= 0.3 is 0 Å². The SMILES string of the molecule is [2H]C1(N)CC(c2cc(Cl)ccc2C#N)C1. The number of nitrogens with two attached hydrogens (primary N) is 1. The monoisotopic (exact) mass is 207 g/mol. The smallest absolute Gasteiger partial charge is 0.0994 e. The summed E-state index contributed by atoms with van der Waals surface area (Å²) in [5.41, 5.74) is 7.20. The fourth-order valence-corrected chi connectivity index (χ4v) is 1.95. The summed E-state index contributed by atoms with van der Waals surface area (Å²) in [6.45, 7) is 0. The molecule has 2 nitrogen and oxygen atoms in total. The van der Waals surface area contributed by atoms with Gasteiger partial charge < -0.3 is 5.73 Å². The molecule has 2 rings (SSSR count). The van der Waals surface area contributed by atoms with E-state index in [0.29, 0.717) is 23.4 Å². The zero-order valence-corrected chi connectivity index (χ0v) is 8.38. The fraction of sp³-hybridized carbons (Fsp3) is 0.364.